The normalized spacial score (nSPS) is 11.5. The van der Waals surface area contributed by atoms with Gasteiger partial charge in [0.15, 0.2) is 0 Å². The number of furan rings is 2. The van der Waals surface area contributed by atoms with Gasteiger partial charge in [-0.3, -0.25) is 0 Å². The van der Waals surface area contributed by atoms with Crippen LogP contribution in [0.1, 0.15) is 0 Å². The van der Waals surface area contributed by atoms with E-state index in [-0.39, 0.29) is 0 Å². The van der Waals surface area contributed by atoms with Crippen molar-refractivity contribution in [3.63, 3.8) is 0 Å². The minimum Gasteiger partial charge on any atom is -0.464 e. The van der Waals surface area contributed by atoms with Crippen LogP contribution in [-0.2, 0) is 0 Å². The first-order valence-electron chi connectivity index (χ1n) is 8.13. The second kappa shape index (κ2) is 5.56. The molecule has 4 heteroatoms. The van der Waals surface area contributed by atoms with Crippen LogP contribution in [0.3, 0.4) is 0 Å². The molecule has 0 bridgehead atoms. The molecule has 5 aromatic rings. The van der Waals surface area contributed by atoms with Crippen LogP contribution >= 0.6 is 0 Å². The Labute approximate surface area is 147 Å². The molecule has 3 aromatic carbocycles. The van der Waals surface area contributed by atoms with E-state index in [4.69, 9.17) is 8.83 Å². The number of benzene rings is 3. The zero-order valence-corrected chi connectivity index (χ0v) is 13.5. The van der Waals surface area contributed by atoms with Crippen LogP contribution in [0.5, 0.6) is 0 Å². The monoisotopic (exact) mass is 346 g/mol. The first-order chi connectivity index (χ1) is 12.7. The third kappa shape index (κ3) is 2.30. The highest BCUT2D eigenvalue weighted by molar-refractivity contribution is 5.97. The van der Waals surface area contributed by atoms with Crippen LogP contribution in [-0.4, -0.2) is 0 Å². The molecule has 0 atom stereocenters. The SMILES string of the molecule is Fc1ccc(-c2cc(-c3ccc4occc4c3)cc3ccoc23)c(F)c1. The first-order valence-corrected chi connectivity index (χ1v) is 8.13. The van der Waals surface area contributed by atoms with Crippen LogP contribution < -0.4 is 0 Å². The van der Waals surface area contributed by atoms with Crippen molar-refractivity contribution in [3.8, 4) is 22.3 Å². The molecular formula is C22H12F2O2. The highest BCUT2D eigenvalue weighted by Crippen LogP contribution is 2.36. The lowest BCUT2D eigenvalue weighted by Gasteiger charge is -2.09. The van der Waals surface area contributed by atoms with Crippen molar-refractivity contribution >= 4 is 21.9 Å². The molecule has 0 saturated heterocycles. The zero-order chi connectivity index (χ0) is 17.7. The summed E-state index contributed by atoms with van der Waals surface area (Å²) in [7, 11) is 0. The van der Waals surface area contributed by atoms with Gasteiger partial charge >= 0.3 is 0 Å². The van der Waals surface area contributed by atoms with E-state index in [9.17, 15) is 8.78 Å². The number of fused-ring (bicyclic) bond motifs is 2. The molecule has 2 aromatic heterocycles. The third-order valence-electron chi connectivity index (χ3n) is 4.56. The van der Waals surface area contributed by atoms with Gasteiger partial charge in [0, 0.05) is 28.0 Å². The summed E-state index contributed by atoms with van der Waals surface area (Å²) in [4.78, 5) is 0. The number of rotatable bonds is 2. The quantitative estimate of drug-likeness (QED) is 0.352. The Balaban J connectivity index is 1.77. The van der Waals surface area contributed by atoms with Gasteiger partial charge in [-0.05, 0) is 59.7 Å². The van der Waals surface area contributed by atoms with E-state index < -0.39 is 11.6 Å². The Morgan fingerprint density at radius 1 is 0.615 bits per heavy atom. The van der Waals surface area contributed by atoms with E-state index in [1.807, 2.05) is 42.5 Å². The fourth-order valence-electron chi connectivity index (χ4n) is 3.30. The van der Waals surface area contributed by atoms with Crippen molar-refractivity contribution in [3.05, 3.63) is 84.8 Å². The van der Waals surface area contributed by atoms with Gasteiger partial charge in [0.2, 0.25) is 0 Å². The van der Waals surface area contributed by atoms with Gasteiger partial charge in [0.25, 0.3) is 0 Å². The lowest BCUT2D eigenvalue weighted by Crippen LogP contribution is -1.88. The van der Waals surface area contributed by atoms with E-state index in [0.29, 0.717) is 16.7 Å². The van der Waals surface area contributed by atoms with Crippen molar-refractivity contribution in [2.45, 2.75) is 0 Å². The summed E-state index contributed by atoms with van der Waals surface area (Å²) >= 11 is 0. The number of hydrogen-bond acceptors (Lipinski definition) is 2. The molecule has 0 amide bonds. The van der Waals surface area contributed by atoms with Crippen LogP contribution in [0.2, 0.25) is 0 Å². The second-order valence-corrected chi connectivity index (χ2v) is 6.16. The molecule has 126 valence electrons. The van der Waals surface area contributed by atoms with E-state index >= 15 is 0 Å². The molecular weight excluding hydrogens is 334 g/mol. The third-order valence-corrected chi connectivity index (χ3v) is 4.56. The summed E-state index contributed by atoms with van der Waals surface area (Å²) in [5, 5.41) is 1.85. The molecule has 0 spiro atoms. The molecule has 2 heterocycles. The minimum absolute atomic E-state index is 0.303. The summed E-state index contributed by atoms with van der Waals surface area (Å²) in [6.45, 7) is 0. The summed E-state index contributed by atoms with van der Waals surface area (Å²) in [6.07, 6.45) is 3.21. The minimum atomic E-state index is -0.620. The number of hydrogen-bond donors (Lipinski definition) is 0. The topological polar surface area (TPSA) is 26.3 Å². The Morgan fingerprint density at radius 2 is 1.42 bits per heavy atom. The van der Waals surface area contributed by atoms with Gasteiger partial charge in [-0.1, -0.05) is 6.07 Å². The Hall–Kier alpha value is -3.40. The van der Waals surface area contributed by atoms with Gasteiger partial charge in [0.1, 0.15) is 22.8 Å². The van der Waals surface area contributed by atoms with Gasteiger partial charge in [-0.15, -0.1) is 0 Å². The maximum absolute atomic E-state index is 14.4. The zero-order valence-electron chi connectivity index (χ0n) is 13.5. The van der Waals surface area contributed by atoms with Gasteiger partial charge in [-0.2, -0.15) is 0 Å². The van der Waals surface area contributed by atoms with Crippen molar-refractivity contribution in [1.82, 2.24) is 0 Å². The Bertz CT molecular complexity index is 1260. The van der Waals surface area contributed by atoms with Crippen LogP contribution in [0.4, 0.5) is 8.78 Å². The van der Waals surface area contributed by atoms with Crippen LogP contribution in [0.15, 0.2) is 82.0 Å². The smallest absolute Gasteiger partial charge is 0.141 e. The van der Waals surface area contributed by atoms with E-state index in [0.717, 1.165) is 33.5 Å². The molecule has 0 aliphatic heterocycles. The van der Waals surface area contributed by atoms with E-state index in [1.165, 1.54) is 12.1 Å². The predicted molar refractivity (Wildman–Crippen MR) is 96.8 cm³/mol. The van der Waals surface area contributed by atoms with E-state index in [2.05, 4.69) is 0 Å². The summed E-state index contributed by atoms with van der Waals surface area (Å²) in [5.74, 6) is -1.23. The van der Waals surface area contributed by atoms with Crippen LogP contribution in [0.25, 0.3) is 44.2 Å². The summed E-state index contributed by atoms with van der Waals surface area (Å²) < 4.78 is 38.6. The van der Waals surface area contributed by atoms with Gasteiger partial charge in [-0.25, -0.2) is 8.78 Å². The lowest BCUT2D eigenvalue weighted by molar-refractivity contribution is 0.584. The summed E-state index contributed by atoms with van der Waals surface area (Å²) in [5.41, 5.74) is 4.17. The highest BCUT2D eigenvalue weighted by atomic mass is 19.1. The Morgan fingerprint density at radius 3 is 2.31 bits per heavy atom. The summed E-state index contributed by atoms with van der Waals surface area (Å²) in [6, 6.07) is 17.0. The molecule has 5 rings (SSSR count). The maximum atomic E-state index is 14.4. The van der Waals surface area contributed by atoms with Gasteiger partial charge < -0.3 is 8.83 Å². The lowest BCUT2D eigenvalue weighted by atomic mass is 9.96. The van der Waals surface area contributed by atoms with Crippen molar-refractivity contribution in [1.29, 1.82) is 0 Å². The molecule has 0 N–H and O–H groups in total. The molecule has 0 unspecified atom stereocenters. The van der Waals surface area contributed by atoms with Crippen molar-refractivity contribution < 1.29 is 17.6 Å². The molecule has 0 aliphatic carbocycles. The standard InChI is InChI=1S/C22H12F2O2/c23-17-2-3-18(20(24)12-17)19-11-16(10-15-6-8-26-22(15)19)13-1-4-21-14(9-13)5-7-25-21/h1-12H. The molecule has 26 heavy (non-hydrogen) atoms. The van der Waals surface area contributed by atoms with Crippen LogP contribution in [0, 0.1) is 11.6 Å². The molecule has 0 radical (unpaired) electrons. The van der Waals surface area contributed by atoms with Crippen molar-refractivity contribution in [2.75, 3.05) is 0 Å². The van der Waals surface area contributed by atoms with E-state index in [1.54, 1.807) is 12.5 Å². The largest absolute Gasteiger partial charge is 0.464 e. The fraction of sp³-hybridized carbons (Fsp3) is 0. The second-order valence-electron chi connectivity index (χ2n) is 6.16. The molecule has 2 nitrogen and oxygen atoms in total. The highest BCUT2D eigenvalue weighted by Gasteiger charge is 2.15. The molecule has 0 aliphatic rings. The average molecular weight is 346 g/mol. The van der Waals surface area contributed by atoms with Crippen molar-refractivity contribution in [2.24, 2.45) is 0 Å². The number of halogens is 2. The average Bonchev–Trinajstić information content (AvgIpc) is 3.29. The predicted octanol–water partition coefficient (Wildman–Crippen LogP) is 6.79. The first kappa shape index (κ1) is 14.9. The molecule has 0 saturated carbocycles. The Kier molecular flexibility index (Phi) is 3.19. The molecule has 0 fully saturated rings. The van der Waals surface area contributed by atoms with Gasteiger partial charge in [0.05, 0.1) is 12.5 Å². The fourth-order valence-corrected chi connectivity index (χ4v) is 3.30. The maximum Gasteiger partial charge on any atom is 0.141 e.